The van der Waals surface area contributed by atoms with E-state index >= 15 is 0 Å². The maximum atomic E-state index is 11.9. The van der Waals surface area contributed by atoms with Crippen molar-refractivity contribution in [3.63, 3.8) is 0 Å². The van der Waals surface area contributed by atoms with Gasteiger partial charge in [-0.1, -0.05) is 38.1 Å². The SMILES string of the molecule is CC(C)C(=O)C1Cc2ccccc2C1=O. The van der Waals surface area contributed by atoms with Gasteiger partial charge in [-0.3, -0.25) is 9.59 Å². The lowest BCUT2D eigenvalue weighted by atomic mass is 9.92. The number of hydrogen-bond acceptors (Lipinski definition) is 2. The van der Waals surface area contributed by atoms with Crippen LogP contribution in [0.15, 0.2) is 24.3 Å². The van der Waals surface area contributed by atoms with Crippen molar-refractivity contribution in [2.45, 2.75) is 20.3 Å². The molecule has 0 radical (unpaired) electrons. The van der Waals surface area contributed by atoms with Crippen molar-refractivity contribution in [3.05, 3.63) is 35.4 Å². The molecule has 1 aliphatic rings. The molecule has 1 aromatic rings. The Kier molecular flexibility index (Phi) is 2.43. The standard InChI is InChI=1S/C13H14O2/c1-8(2)12(14)11-7-9-5-3-4-6-10(9)13(11)15/h3-6,8,11H,7H2,1-2H3. The van der Waals surface area contributed by atoms with Crippen LogP contribution in [0.5, 0.6) is 0 Å². The third-order valence-electron chi connectivity index (χ3n) is 2.94. The van der Waals surface area contributed by atoms with E-state index in [4.69, 9.17) is 0 Å². The van der Waals surface area contributed by atoms with Gasteiger partial charge in [0.25, 0.3) is 0 Å². The van der Waals surface area contributed by atoms with Crippen molar-refractivity contribution in [2.75, 3.05) is 0 Å². The highest BCUT2D eigenvalue weighted by molar-refractivity contribution is 6.14. The van der Waals surface area contributed by atoms with E-state index in [1.165, 1.54) is 0 Å². The fourth-order valence-electron chi connectivity index (χ4n) is 2.07. The molecule has 0 heterocycles. The van der Waals surface area contributed by atoms with Gasteiger partial charge in [-0.15, -0.1) is 0 Å². The molecule has 2 heteroatoms. The van der Waals surface area contributed by atoms with E-state index in [9.17, 15) is 9.59 Å². The number of fused-ring (bicyclic) bond motifs is 1. The predicted molar refractivity (Wildman–Crippen MR) is 57.8 cm³/mol. The Hall–Kier alpha value is -1.44. The smallest absolute Gasteiger partial charge is 0.173 e. The summed E-state index contributed by atoms with van der Waals surface area (Å²) in [5.74, 6) is -0.420. The molecule has 2 rings (SSSR count). The lowest BCUT2D eigenvalue weighted by molar-refractivity contribution is -0.124. The number of Topliss-reactive ketones (excluding diaryl/α,β-unsaturated/α-hetero) is 2. The monoisotopic (exact) mass is 202 g/mol. The van der Waals surface area contributed by atoms with Gasteiger partial charge in [0.2, 0.25) is 0 Å². The van der Waals surface area contributed by atoms with E-state index in [2.05, 4.69) is 0 Å². The van der Waals surface area contributed by atoms with Crippen LogP contribution in [0, 0.1) is 11.8 Å². The molecule has 1 aromatic carbocycles. The van der Waals surface area contributed by atoms with Gasteiger partial charge < -0.3 is 0 Å². The lowest BCUT2D eigenvalue weighted by Crippen LogP contribution is -2.24. The number of hydrogen-bond donors (Lipinski definition) is 0. The number of carbonyl (C=O) groups is 2. The van der Waals surface area contributed by atoms with Crippen LogP contribution < -0.4 is 0 Å². The highest BCUT2D eigenvalue weighted by atomic mass is 16.2. The minimum Gasteiger partial charge on any atom is -0.299 e. The summed E-state index contributed by atoms with van der Waals surface area (Å²) in [7, 11) is 0. The highest BCUT2D eigenvalue weighted by Gasteiger charge is 2.35. The van der Waals surface area contributed by atoms with E-state index in [1.54, 1.807) is 0 Å². The van der Waals surface area contributed by atoms with Gasteiger partial charge in [0.05, 0.1) is 5.92 Å². The molecule has 1 aliphatic carbocycles. The van der Waals surface area contributed by atoms with Gasteiger partial charge in [0.15, 0.2) is 5.78 Å². The average molecular weight is 202 g/mol. The van der Waals surface area contributed by atoms with E-state index in [-0.39, 0.29) is 17.5 Å². The first-order chi connectivity index (χ1) is 7.11. The van der Waals surface area contributed by atoms with Crippen molar-refractivity contribution in [2.24, 2.45) is 11.8 Å². The van der Waals surface area contributed by atoms with Gasteiger partial charge in [-0.05, 0) is 12.0 Å². The van der Waals surface area contributed by atoms with Gasteiger partial charge in [0.1, 0.15) is 5.78 Å². The molecule has 0 amide bonds. The third-order valence-corrected chi connectivity index (χ3v) is 2.94. The molecule has 0 saturated carbocycles. The Balaban J connectivity index is 2.31. The Morgan fingerprint density at radius 3 is 2.60 bits per heavy atom. The molecule has 0 N–H and O–H groups in total. The quantitative estimate of drug-likeness (QED) is 0.689. The maximum absolute atomic E-state index is 11.9. The van der Waals surface area contributed by atoms with Gasteiger partial charge in [-0.2, -0.15) is 0 Å². The van der Waals surface area contributed by atoms with E-state index in [0.717, 1.165) is 11.1 Å². The zero-order chi connectivity index (χ0) is 11.0. The summed E-state index contributed by atoms with van der Waals surface area (Å²) < 4.78 is 0. The molecule has 0 spiro atoms. The Morgan fingerprint density at radius 2 is 2.00 bits per heavy atom. The molecule has 0 aromatic heterocycles. The summed E-state index contributed by atoms with van der Waals surface area (Å²) in [6, 6.07) is 7.50. The molecule has 0 fully saturated rings. The van der Waals surface area contributed by atoms with Crippen LogP contribution in [0.1, 0.15) is 29.8 Å². The first kappa shape index (κ1) is 10.1. The molecule has 1 unspecified atom stereocenters. The van der Waals surface area contributed by atoms with Gasteiger partial charge in [-0.25, -0.2) is 0 Å². The molecule has 0 bridgehead atoms. The maximum Gasteiger partial charge on any atom is 0.173 e. The van der Waals surface area contributed by atoms with Crippen LogP contribution in [0.25, 0.3) is 0 Å². The summed E-state index contributed by atoms with van der Waals surface area (Å²) in [6.07, 6.45) is 0.589. The molecule has 78 valence electrons. The molecular formula is C13H14O2. The third kappa shape index (κ3) is 1.60. The first-order valence-electron chi connectivity index (χ1n) is 5.27. The van der Waals surface area contributed by atoms with Crippen LogP contribution in [0.3, 0.4) is 0 Å². The van der Waals surface area contributed by atoms with Crippen molar-refractivity contribution >= 4 is 11.6 Å². The number of ketones is 2. The molecule has 0 aliphatic heterocycles. The van der Waals surface area contributed by atoms with Crippen LogP contribution >= 0.6 is 0 Å². The fraction of sp³-hybridized carbons (Fsp3) is 0.385. The molecule has 2 nitrogen and oxygen atoms in total. The largest absolute Gasteiger partial charge is 0.299 e. The van der Waals surface area contributed by atoms with E-state index in [0.29, 0.717) is 6.42 Å². The second-order valence-electron chi connectivity index (χ2n) is 4.34. The second kappa shape index (κ2) is 3.61. The summed E-state index contributed by atoms with van der Waals surface area (Å²) in [6.45, 7) is 3.69. The van der Waals surface area contributed by atoms with E-state index in [1.807, 2.05) is 38.1 Å². The lowest BCUT2D eigenvalue weighted by Gasteiger charge is -2.09. The number of rotatable bonds is 2. The normalized spacial score (nSPS) is 19.4. The zero-order valence-electron chi connectivity index (χ0n) is 8.99. The highest BCUT2D eigenvalue weighted by Crippen LogP contribution is 2.28. The Bertz CT molecular complexity index is 418. The summed E-state index contributed by atoms with van der Waals surface area (Å²) >= 11 is 0. The minimum absolute atomic E-state index is 0.00398. The van der Waals surface area contributed by atoms with Crippen molar-refractivity contribution < 1.29 is 9.59 Å². The predicted octanol–water partition coefficient (Wildman–Crippen LogP) is 2.27. The van der Waals surface area contributed by atoms with Crippen LogP contribution in [0.4, 0.5) is 0 Å². The Morgan fingerprint density at radius 1 is 1.33 bits per heavy atom. The summed E-state index contributed by atoms with van der Waals surface area (Å²) in [5, 5.41) is 0. The van der Waals surface area contributed by atoms with Gasteiger partial charge in [0, 0.05) is 11.5 Å². The molecular weight excluding hydrogens is 188 g/mol. The first-order valence-corrected chi connectivity index (χ1v) is 5.27. The van der Waals surface area contributed by atoms with E-state index < -0.39 is 5.92 Å². The summed E-state index contributed by atoms with van der Waals surface area (Å²) in [5.41, 5.74) is 1.75. The van der Waals surface area contributed by atoms with Crippen molar-refractivity contribution in [1.82, 2.24) is 0 Å². The minimum atomic E-state index is -0.428. The average Bonchev–Trinajstić information content (AvgIpc) is 2.56. The molecule has 1 atom stereocenters. The van der Waals surface area contributed by atoms with Crippen molar-refractivity contribution in [1.29, 1.82) is 0 Å². The second-order valence-corrected chi connectivity index (χ2v) is 4.34. The molecule has 15 heavy (non-hydrogen) atoms. The van der Waals surface area contributed by atoms with Crippen LogP contribution in [-0.4, -0.2) is 11.6 Å². The van der Waals surface area contributed by atoms with Crippen molar-refractivity contribution in [3.8, 4) is 0 Å². The molecule has 0 saturated heterocycles. The Labute approximate surface area is 89.3 Å². The van der Waals surface area contributed by atoms with Crippen LogP contribution in [-0.2, 0) is 11.2 Å². The summed E-state index contributed by atoms with van der Waals surface area (Å²) in [4.78, 5) is 23.7. The van der Waals surface area contributed by atoms with Crippen LogP contribution in [0.2, 0.25) is 0 Å². The topological polar surface area (TPSA) is 34.1 Å². The fourth-order valence-corrected chi connectivity index (χ4v) is 2.07. The van der Waals surface area contributed by atoms with Gasteiger partial charge >= 0.3 is 0 Å². The number of benzene rings is 1. The zero-order valence-corrected chi connectivity index (χ0v) is 8.99. The number of carbonyl (C=O) groups excluding carboxylic acids is 2.